The molecular formula is C10H9N5. The third-order valence-electron chi connectivity index (χ3n) is 3.15. The molecule has 1 aliphatic rings. The molecule has 2 heterocycles. The van der Waals surface area contributed by atoms with Crippen molar-refractivity contribution in [1.29, 1.82) is 5.26 Å². The Balaban J connectivity index is 2.15. The first-order valence-electron chi connectivity index (χ1n) is 4.92. The summed E-state index contributed by atoms with van der Waals surface area (Å²) in [5, 5.41) is 19.6. The fourth-order valence-electron chi connectivity index (χ4n) is 2.00. The summed E-state index contributed by atoms with van der Waals surface area (Å²) in [6.45, 7) is 0. The molecule has 1 N–H and O–H groups in total. The zero-order chi connectivity index (χ0) is 10.3. The lowest BCUT2D eigenvalue weighted by atomic mass is 9.66. The van der Waals surface area contributed by atoms with Crippen LogP contribution < -0.4 is 0 Å². The van der Waals surface area contributed by atoms with Gasteiger partial charge in [0.2, 0.25) is 5.65 Å². The highest BCUT2D eigenvalue weighted by Crippen LogP contribution is 2.43. The average molecular weight is 199 g/mol. The van der Waals surface area contributed by atoms with Crippen LogP contribution in [0.3, 0.4) is 0 Å². The standard InChI is InChI=1S/C10H9N5/c11-6-10(2-1-3-10)7-4-8-9(12-5-7)14-15-13-8/h4-5H,1-3H2,(H,12,13,14,15). The van der Waals surface area contributed by atoms with E-state index < -0.39 is 0 Å². The van der Waals surface area contributed by atoms with Crippen LogP contribution in [0.25, 0.3) is 11.2 Å². The third-order valence-corrected chi connectivity index (χ3v) is 3.15. The molecule has 5 heteroatoms. The van der Waals surface area contributed by atoms with Crippen molar-refractivity contribution in [3.05, 3.63) is 17.8 Å². The maximum atomic E-state index is 9.19. The number of rotatable bonds is 1. The lowest BCUT2D eigenvalue weighted by molar-refractivity contribution is 0.323. The second-order valence-electron chi connectivity index (χ2n) is 3.94. The normalized spacial score (nSPS) is 18.3. The first kappa shape index (κ1) is 8.36. The van der Waals surface area contributed by atoms with Crippen molar-refractivity contribution in [3.8, 4) is 6.07 Å². The van der Waals surface area contributed by atoms with Gasteiger partial charge in [0.05, 0.1) is 11.5 Å². The zero-order valence-corrected chi connectivity index (χ0v) is 8.06. The van der Waals surface area contributed by atoms with Gasteiger partial charge >= 0.3 is 0 Å². The van der Waals surface area contributed by atoms with E-state index in [2.05, 4.69) is 26.5 Å². The molecule has 0 amide bonds. The second-order valence-corrected chi connectivity index (χ2v) is 3.94. The highest BCUT2D eigenvalue weighted by molar-refractivity contribution is 5.69. The summed E-state index contributed by atoms with van der Waals surface area (Å²) in [5.41, 5.74) is 1.98. The Labute approximate surface area is 86.1 Å². The van der Waals surface area contributed by atoms with Gasteiger partial charge in [0.1, 0.15) is 5.52 Å². The number of nitrogens with zero attached hydrogens (tertiary/aromatic N) is 4. The smallest absolute Gasteiger partial charge is 0.201 e. The number of hydrogen-bond donors (Lipinski definition) is 1. The number of H-pyrrole nitrogens is 1. The number of aromatic amines is 1. The lowest BCUT2D eigenvalue weighted by Gasteiger charge is -2.35. The summed E-state index contributed by atoms with van der Waals surface area (Å²) in [4.78, 5) is 4.18. The van der Waals surface area contributed by atoms with Gasteiger partial charge in [-0.25, -0.2) is 4.98 Å². The van der Waals surface area contributed by atoms with Crippen LogP contribution in [0.2, 0.25) is 0 Å². The maximum absolute atomic E-state index is 9.19. The van der Waals surface area contributed by atoms with E-state index in [4.69, 9.17) is 0 Å². The number of nitriles is 1. The minimum Gasteiger partial charge on any atom is -0.233 e. The van der Waals surface area contributed by atoms with Crippen LogP contribution in [-0.2, 0) is 5.41 Å². The van der Waals surface area contributed by atoms with Gasteiger partial charge in [0, 0.05) is 6.20 Å². The highest BCUT2D eigenvalue weighted by Gasteiger charge is 2.39. The van der Waals surface area contributed by atoms with Gasteiger partial charge in [-0.1, -0.05) is 0 Å². The molecule has 2 aromatic heterocycles. The molecule has 15 heavy (non-hydrogen) atoms. The third kappa shape index (κ3) is 1.05. The molecule has 5 nitrogen and oxygen atoms in total. The fraction of sp³-hybridized carbons (Fsp3) is 0.400. The van der Waals surface area contributed by atoms with Crippen LogP contribution >= 0.6 is 0 Å². The molecule has 0 saturated heterocycles. The Morgan fingerprint density at radius 3 is 2.93 bits per heavy atom. The molecule has 0 aliphatic heterocycles. The summed E-state index contributed by atoms with van der Waals surface area (Å²) in [6.07, 6.45) is 4.71. The summed E-state index contributed by atoms with van der Waals surface area (Å²) >= 11 is 0. The Morgan fingerprint density at radius 1 is 1.40 bits per heavy atom. The maximum Gasteiger partial charge on any atom is 0.201 e. The van der Waals surface area contributed by atoms with Gasteiger partial charge in [-0.15, -0.1) is 5.10 Å². The van der Waals surface area contributed by atoms with E-state index in [-0.39, 0.29) is 5.41 Å². The summed E-state index contributed by atoms with van der Waals surface area (Å²) in [5.74, 6) is 0. The first-order valence-corrected chi connectivity index (χ1v) is 4.92. The number of hydrogen-bond acceptors (Lipinski definition) is 4. The Bertz CT molecular complexity index is 546. The van der Waals surface area contributed by atoms with E-state index in [0.29, 0.717) is 5.65 Å². The van der Waals surface area contributed by atoms with E-state index in [1.54, 1.807) is 6.20 Å². The SMILES string of the molecule is N#CC1(c2cnc3n[nH]nc3c2)CCC1. The molecule has 0 unspecified atom stereocenters. The topological polar surface area (TPSA) is 78.2 Å². The molecule has 2 aromatic rings. The van der Waals surface area contributed by atoms with Crippen LogP contribution in [0.1, 0.15) is 24.8 Å². The van der Waals surface area contributed by atoms with Crippen molar-refractivity contribution in [3.63, 3.8) is 0 Å². The van der Waals surface area contributed by atoms with E-state index in [1.165, 1.54) is 0 Å². The lowest BCUT2D eigenvalue weighted by Crippen LogP contribution is -2.32. The molecule has 0 radical (unpaired) electrons. The summed E-state index contributed by atoms with van der Waals surface area (Å²) in [7, 11) is 0. The van der Waals surface area contributed by atoms with Crippen LogP contribution in [-0.4, -0.2) is 20.4 Å². The number of fused-ring (bicyclic) bond motifs is 1. The predicted octanol–water partition coefficient (Wildman–Crippen LogP) is 1.30. The van der Waals surface area contributed by atoms with E-state index in [0.717, 1.165) is 30.3 Å². The second kappa shape index (κ2) is 2.76. The molecule has 0 atom stereocenters. The van der Waals surface area contributed by atoms with Gasteiger partial charge in [-0.2, -0.15) is 15.6 Å². The van der Waals surface area contributed by atoms with Crippen molar-refractivity contribution in [1.82, 2.24) is 20.4 Å². The highest BCUT2D eigenvalue weighted by atomic mass is 15.3. The van der Waals surface area contributed by atoms with Crippen molar-refractivity contribution in [2.75, 3.05) is 0 Å². The molecule has 0 bridgehead atoms. The average Bonchev–Trinajstić information content (AvgIpc) is 2.64. The van der Waals surface area contributed by atoms with Gasteiger partial charge in [0.15, 0.2) is 0 Å². The van der Waals surface area contributed by atoms with Gasteiger partial charge < -0.3 is 0 Å². The fourth-order valence-corrected chi connectivity index (χ4v) is 2.00. The molecular weight excluding hydrogens is 190 g/mol. The molecule has 1 fully saturated rings. The molecule has 0 aromatic carbocycles. The van der Waals surface area contributed by atoms with E-state index in [1.807, 2.05) is 6.07 Å². The monoisotopic (exact) mass is 199 g/mol. The zero-order valence-electron chi connectivity index (χ0n) is 8.06. The van der Waals surface area contributed by atoms with Crippen LogP contribution in [0.15, 0.2) is 12.3 Å². The molecule has 0 spiro atoms. The Kier molecular flexibility index (Phi) is 1.54. The Hall–Kier alpha value is -1.96. The molecule has 1 aliphatic carbocycles. The van der Waals surface area contributed by atoms with Gasteiger partial charge in [0.25, 0.3) is 0 Å². The number of nitrogens with one attached hydrogen (secondary N) is 1. The van der Waals surface area contributed by atoms with Crippen molar-refractivity contribution >= 4 is 11.2 Å². The summed E-state index contributed by atoms with van der Waals surface area (Å²) < 4.78 is 0. The van der Waals surface area contributed by atoms with Crippen molar-refractivity contribution in [2.24, 2.45) is 0 Å². The van der Waals surface area contributed by atoms with Crippen molar-refractivity contribution in [2.45, 2.75) is 24.7 Å². The summed E-state index contributed by atoms with van der Waals surface area (Å²) in [6, 6.07) is 4.30. The largest absolute Gasteiger partial charge is 0.233 e. The van der Waals surface area contributed by atoms with Crippen LogP contribution in [0.5, 0.6) is 0 Å². The van der Waals surface area contributed by atoms with Crippen LogP contribution in [0, 0.1) is 11.3 Å². The number of aromatic nitrogens is 4. The van der Waals surface area contributed by atoms with Gasteiger partial charge in [-0.05, 0) is 30.9 Å². The first-order chi connectivity index (χ1) is 7.34. The number of pyridine rings is 1. The minimum absolute atomic E-state index is 0.319. The van der Waals surface area contributed by atoms with Gasteiger partial charge in [-0.3, -0.25) is 0 Å². The minimum atomic E-state index is -0.319. The Morgan fingerprint density at radius 2 is 2.27 bits per heavy atom. The van der Waals surface area contributed by atoms with E-state index >= 15 is 0 Å². The quantitative estimate of drug-likeness (QED) is 0.750. The van der Waals surface area contributed by atoms with E-state index in [9.17, 15) is 5.26 Å². The predicted molar refractivity (Wildman–Crippen MR) is 52.8 cm³/mol. The van der Waals surface area contributed by atoms with Crippen LogP contribution in [0.4, 0.5) is 0 Å². The molecule has 3 rings (SSSR count). The molecule has 74 valence electrons. The molecule has 1 saturated carbocycles. The van der Waals surface area contributed by atoms with Crippen molar-refractivity contribution < 1.29 is 0 Å².